The largest absolute Gasteiger partial charge is 0.396 e. The van der Waals surface area contributed by atoms with Gasteiger partial charge >= 0.3 is 0 Å². The maximum absolute atomic E-state index is 9.08. The van der Waals surface area contributed by atoms with Crippen molar-refractivity contribution >= 4 is 11.6 Å². The van der Waals surface area contributed by atoms with E-state index >= 15 is 0 Å². The van der Waals surface area contributed by atoms with Crippen molar-refractivity contribution in [3.05, 3.63) is 23.9 Å². The molecule has 0 radical (unpaired) electrons. The van der Waals surface area contributed by atoms with Crippen molar-refractivity contribution in [2.45, 2.75) is 26.8 Å². The third-order valence-electron chi connectivity index (χ3n) is 3.06. The average molecular weight is 234 g/mol. The molecule has 5 nitrogen and oxygen atoms in total. The van der Waals surface area contributed by atoms with Crippen LogP contribution < -0.4 is 5.32 Å². The van der Waals surface area contributed by atoms with Crippen molar-refractivity contribution in [3.63, 3.8) is 0 Å². The number of pyridine rings is 1. The lowest BCUT2D eigenvalue weighted by molar-refractivity contribution is 0.226. The molecular formula is C12H18N4O. The van der Waals surface area contributed by atoms with Crippen LogP contribution in [0.4, 0.5) is 5.95 Å². The van der Waals surface area contributed by atoms with Crippen molar-refractivity contribution in [2.24, 2.45) is 5.92 Å². The lowest BCUT2D eigenvalue weighted by Gasteiger charge is -2.17. The molecule has 2 atom stereocenters. The first-order chi connectivity index (χ1) is 8.11. The standard InChI is InChI=1S/C12H18N4O/c1-8-5-4-6-16-11(8)14-12(15-16)13-10(3)9(2)7-17/h4-6,9-10,17H,7H2,1-3H3,(H,13,15). The minimum Gasteiger partial charge on any atom is -0.396 e. The molecular weight excluding hydrogens is 216 g/mol. The summed E-state index contributed by atoms with van der Waals surface area (Å²) in [6.45, 7) is 6.16. The van der Waals surface area contributed by atoms with E-state index in [1.165, 1.54) is 0 Å². The van der Waals surface area contributed by atoms with Crippen LogP contribution in [0.1, 0.15) is 19.4 Å². The second kappa shape index (κ2) is 4.71. The monoisotopic (exact) mass is 234 g/mol. The van der Waals surface area contributed by atoms with Gasteiger partial charge in [0.25, 0.3) is 0 Å². The first-order valence-corrected chi connectivity index (χ1v) is 5.81. The quantitative estimate of drug-likeness (QED) is 0.841. The van der Waals surface area contributed by atoms with Crippen molar-refractivity contribution < 1.29 is 5.11 Å². The van der Waals surface area contributed by atoms with Crippen LogP contribution >= 0.6 is 0 Å². The van der Waals surface area contributed by atoms with Crippen molar-refractivity contribution in [1.82, 2.24) is 14.6 Å². The summed E-state index contributed by atoms with van der Waals surface area (Å²) in [4.78, 5) is 4.43. The van der Waals surface area contributed by atoms with E-state index in [9.17, 15) is 0 Å². The Kier molecular flexibility index (Phi) is 3.28. The molecule has 0 fully saturated rings. The fraction of sp³-hybridized carbons (Fsp3) is 0.500. The smallest absolute Gasteiger partial charge is 0.243 e. The maximum atomic E-state index is 9.08. The summed E-state index contributed by atoms with van der Waals surface area (Å²) in [5, 5.41) is 16.6. The number of fused-ring (bicyclic) bond motifs is 1. The zero-order valence-electron chi connectivity index (χ0n) is 10.4. The first kappa shape index (κ1) is 11.9. The van der Waals surface area contributed by atoms with Gasteiger partial charge in [-0.15, -0.1) is 5.10 Å². The Bertz CT molecular complexity index is 508. The molecule has 0 aromatic carbocycles. The Labute approximate surface area is 100 Å². The lowest BCUT2D eigenvalue weighted by atomic mass is 10.1. The molecule has 0 saturated heterocycles. The molecule has 2 N–H and O–H groups in total. The van der Waals surface area contributed by atoms with Crippen molar-refractivity contribution in [1.29, 1.82) is 0 Å². The van der Waals surface area contributed by atoms with Crippen LogP contribution in [-0.4, -0.2) is 32.4 Å². The minimum absolute atomic E-state index is 0.137. The van der Waals surface area contributed by atoms with Crippen LogP contribution in [0.25, 0.3) is 5.65 Å². The molecule has 2 heterocycles. The zero-order chi connectivity index (χ0) is 12.4. The molecule has 0 aliphatic carbocycles. The van der Waals surface area contributed by atoms with E-state index in [4.69, 9.17) is 5.11 Å². The normalized spacial score (nSPS) is 14.8. The van der Waals surface area contributed by atoms with Gasteiger partial charge in [0.15, 0.2) is 5.65 Å². The highest BCUT2D eigenvalue weighted by molar-refractivity contribution is 5.49. The molecule has 0 aliphatic rings. The van der Waals surface area contributed by atoms with E-state index < -0.39 is 0 Å². The SMILES string of the molecule is Cc1cccn2nc(NC(C)C(C)CO)nc12. The predicted molar refractivity (Wildman–Crippen MR) is 67.1 cm³/mol. The number of hydrogen-bond acceptors (Lipinski definition) is 4. The number of rotatable bonds is 4. The van der Waals surface area contributed by atoms with Gasteiger partial charge in [0.1, 0.15) is 0 Å². The Morgan fingerprint density at radius 3 is 2.88 bits per heavy atom. The molecule has 2 aromatic rings. The Morgan fingerprint density at radius 2 is 2.24 bits per heavy atom. The Morgan fingerprint density at radius 1 is 1.47 bits per heavy atom. The van der Waals surface area contributed by atoms with Gasteiger partial charge in [0.05, 0.1) is 0 Å². The Hall–Kier alpha value is -1.62. The van der Waals surface area contributed by atoms with E-state index in [1.54, 1.807) is 4.52 Å². The fourth-order valence-corrected chi connectivity index (χ4v) is 1.60. The minimum atomic E-state index is 0.137. The van der Waals surface area contributed by atoms with Crippen LogP contribution in [0.5, 0.6) is 0 Å². The fourth-order valence-electron chi connectivity index (χ4n) is 1.60. The predicted octanol–water partition coefficient (Wildman–Crippen LogP) is 1.47. The third-order valence-corrected chi connectivity index (χ3v) is 3.06. The Balaban J connectivity index is 2.23. The number of aliphatic hydroxyl groups excluding tert-OH is 1. The van der Waals surface area contributed by atoms with E-state index in [0.717, 1.165) is 11.2 Å². The highest BCUT2D eigenvalue weighted by Crippen LogP contribution is 2.12. The van der Waals surface area contributed by atoms with Crippen molar-refractivity contribution in [2.75, 3.05) is 11.9 Å². The van der Waals surface area contributed by atoms with Crippen LogP contribution in [-0.2, 0) is 0 Å². The van der Waals surface area contributed by atoms with E-state index in [-0.39, 0.29) is 18.6 Å². The van der Waals surface area contributed by atoms with E-state index in [0.29, 0.717) is 5.95 Å². The molecule has 0 aliphatic heterocycles. The maximum Gasteiger partial charge on any atom is 0.243 e. The van der Waals surface area contributed by atoms with Gasteiger partial charge in [-0.1, -0.05) is 13.0 Å². The number of aryl methyl sites for hydroxylation is 1. The van der Waals surface area contributed by atoms with E-state index in [1.807, 2.05) is 39.1 Å². The van der Waals surface area contributed by atoms with Crippen LogP contribution in [0.2, 0.25) is 0 Å². The summed E-state index contributed by atoms with van der Waals surface area (Å²) in [5.74, 6) is 0.773. The summed E-state index contributed by atoms with van der Waals surface area (Å²) in [5.41, 5.74) is 1.95. The number of anilines is 1. The first-order valence-electron chi connectivity index (χ1n) is 5.81. The lowest BCUT2D eigenvalue weighted by Crippen LogP contribution is -2.26. The van der Waals surface area contributed by atoms with Gasteiger partial charge in [-0.2, -0.15) is 4.98 Å². The number of aliphatic hydroxyl groups is 1. The van der Waals surface area contributed by atoms with Gasteiger partial charge in [-0.3, -0.25) is 0 Å². The molecule has 92 valence electrons. The number of aromatic nitrogens is 3. The molecule has 0 amide bonds. The van der Waals surface area contributed by atoms with Crippen LogP contribution in [0.15, 0.2) is 18.3 Å². The number of nitrogens with one attached hydrogen (secondary N) is 1. The van der Waals surface area contributed by atoms with Crippen LogP contribution in [0, 0.1) is 12.8 Å². The highest BCUT2D eigenvalue weighted by Gasteiger charge is 2.13. The van der Waals surface area contributed by atoms with Crippen molar-refractivity contribution in [3.8, 4) is 0 Å². The second-order valence-corrected chi connectivity index (χ2v) is 4.49. The number of hydrogen-bond donors (Lipinski definition) is 2. The highest BCUT2D eigenvalue weighted by atomic mass is 16.3. The molecule has 0 saturated carbocycles. The second-order valence-electron chi connectivity index (χ2n) is 4.49. The van der Waals surface area contributed by atoms with Gasteiger partial charge in [-0.25, -0.2) is 4.52 Å². The van der Waals surface area contributed by atoms with Gasteiger partial charge < -0.3 is 10.4 Å². The number of nitrogens with zero attached hydrogens (tertiary/aromatic N) is 3. The molecule has 5 heteroatoms. The van der Waals surface area contributed by atoms with Crippen LogP contribution in [0.3, 0.4) is 0 Å². The third kappa shape index (κ3) is 2.39. The average Bonchev–Trinajstić information content (AvgIpc) is 2.72. The summed E-state index contributed by atoms with van der Waals surface area (Å²) in [6, 6.07) is 4.09. The summed E-state index contributed by atoms with van der Waals surface area (Å²) in [7, 11) is 0. The van der Waals surface area contributed by atoms with Gasteiger partial charge in [0.2, 0.25) is 5.95 Å². The van der Waals surface area contributed by atoms with E-state index in [2.05, 4.69) is 15.4 Å². The summed E-state index contributed by atoms with van der Waals surface area (Å²) in [6.07, 6.45) is 1.88. The molecule has 2 unspecified atom stereocenters. The zero-order valence-corrected chi connectivity index (χ0v) is 10.4. The molecule has 17 heavy (non-hydrogen) atoms. The molecule has 2 aromatic heterocycles. The molecule has 2 rings (SSSR count). The van der Waals surface area contributed by atoms with Gasteiger partial charge in [-0.05, 0) is 31.4 Å². The summed E-state index contributed by atoms with van der Waals surface area (Å²) < 4.78 is 1.76. The van der Waals surface area contributed by atoms with Gasteiger partial charge in [0, 0.05) is 18.8 Å². The molecule has 0 spiro atoms. The summed E-state index contributed by atoms with van der Waals surface area (Å²) >= 11 is 0. The molecule has 0 bridgehead atoms. The topological polar surface area (TPSA) is 62.5 Å².